The van der Waals surface area contributed by atoms with Gasteiger partial charge in [-0.1, -0.05) is 30.3 Å². The summed E-state index contributed by atoms with van der Waals surface area (Å²) in [5.41, 5.74) is 3.81. The highest BCUT2D eigenvalue weighted by Crippen LogP contribution is 2.19. The molecule has 0 atom stereocenters. The minimum atomic E-state index is -0.270. The van der Waals surface area contributed by atoms with E-state index in [-0.39, 0.29) is 11.7 Å². The van der Waals surface area contributed by atoms with Crippen molar-refractivity contribution >= 4 is 22.5 Å². The molecule has 0 unspecified atom stereocenters. The van der Waals surface area contributed by atoms with Gasteiger partial charge in [0.2, 0.25) is 5.91 Å². The van der Waals surface area contributed by atoms with Gasteiger partial charge >= 0.3 is 0 Å². The van der Waals surface area contributed by atoms with Crippen molar-refractivity contribution in [1.82, 2.24) is 14.8 Å². The molecule has 1 amide bonds. The van der Waals surface area contributed by atoms with Crippen molar-refractivity contribution in [2.24, 2.45) is 0 Å². The number of hydrogen-bond acceptors (Lipinski definition) is 2. The number of anilines is 1. The third kappa shape index (κ3) is 4.28. The molecule has 28 heavy (non-hydrogen) atoms. The molecule has 0 saturated heterocycles. The number of hydrogen-bond donors (Lipinski definition) is 2. The quantitative estimate of drug-likeness (QED) is 0.498. The number of aromatic amines is 1. The first-order valence-corrected chi connectivity index (χ1v) is 9.29. The molecule has 2 aromatic carbocycles. The second kappa shape index (κ2) is 8.08. The zero-order valence-electron chi connectivity index (χ0n) is 15.4. The van der Waals surface area contributed by atoms with E-state index in [1.807, 2.05) is 30.5 Å². The van der Waals surface area contributed by atoms with Gasteiger partial charge in [-0.25, -0.2) is 4.39 Å². The Morgan fingerprint density at radius 1 is 1.18 bits per heavy atom. The van der Waals surface area contributed by atoms with E-state index >= 15 is 0 Å². The molecule has 0 bridgehead atoms. The number of nitrogens with one attached hydrogen (secondary N) is 2. The zero-order chi connectivity index (χ0) is 19.3. The number of aromatic nitrogens is 3. The van der Waals surface area contributed by atoms with Crippen LogP contribution in [0.2, 0.25) is 0 Å². The number of halogens is 1. The number of aryl methyl sites for hydroxylation is 1. The van der Waals surface area contributed by atoms with Gasteiger partial charge in [0, 0.05) is 29.7 Å². The van der Waals surface area contributed by atoms with Gasteiger partial charge in [-0.2, -0.15) is 5.10 Å². The molecular weight excluding hydrogens is 355 g/mol. The Hall–Kier alpha value is -3.41. The Labute approximate surface area is 162 Å². The molecule has 2 heterocycles. The van der Waals surface area contributed by atoms with Crippen LogP contribution in [-0.4, -0.2) is 20.7 Å². The molecular formula is C22H21FN4O. The maximum Gasteiger partial charge on any atom is 0.224 e. The second-order valence-electron chi connectivity index (χ2n) is 6.82. The highest BCUT2D eigenvalue weighted by atomic mass is 19.1. The van der Waals surface area contributed by atoms with Crippen LogP contribution in [-0.2, 0) is 17.8 Å². The van der Waals surface area contributed by atoms with Crippen LogP contribution in [0.5, 0.6) is 0 Å². The summed E-state index contributed by atoms with van der Waals surface area (Å²) in [7, 11) is 0. The number of benzene rings is 2. The summed E-state index contributed by atoms with van der Waals surface area (Å²) in [4.78, 5) is 15.5. The van der Waals surface area contributed by atoms with Gasteiger partial charge in [0.05, 0.1) is 18.4 Å². The zero-order valence-corrected chi connectivity index (χ0v) is 15.4. The van der Waals surface area contributed by atoms with Crippen LogP contribution < -0.4 is 5.32 Å². The minimum Gasteiger partial charge on any atom is -0.361 e. The number of carbonyl (C=O) groups is 1. The first-order chi connectivity index (χ1) is 13.7. The summed E-state index contributed by atoms with van der Waals surface area (Å²) in [6.07, 6.45) is 7.42. The molecule has 5 nitrogen and oxygen atoms in total. The molecule has 0 aliphatic carbocycles. The molecule has 6 heteroatoms. The normalized spacial score (nSPS) is 11.0. The van der Waals surface area contributed by atoms with Gasteiger partial charge in [-0.3, -0.25) is 9.48 Å². The lowest BCUT2D eigenvalue weighted by molar-refractivity contribution is -0.116. The third-order valence-electron chi connectivity index (χ3n) is 4.68. The van der Waals surface area contributed by atoms with E-state index < -0.39 is 0 Å². The highest BCUT2D eigenvalue weighted by molar-refractivity contribution is 5.90. The smallest absolute Gasteiger partial charge is 0.224 e. The number of H-pyrrole nitrogens is 1. The van der Waals surface area contributed by atoms with Crippen molar-refractivity contribution < 1.29 is 9.18 Å². The number of rotatable bonds is 7. The summed E-state index contributed by atoms with van der Waals surface area (Å²) in [5, 5.41) is 8.31. The average Bonchev–Trinajstić information content (AvgIpc) is 3.29. The fourth-order valence-electron chi connectivity index (χ4n) is 3.34. The Balaban J connectivity index is 1.28. The standard InChI is InChI=1S/C22H21FN4O/c23-18-7-3-5-16(11-18)14-27-15-19(13-25-27)26-22(28)10-4-6-17-12-24-21-9-2-1-8-20(17)21/h1-3,5,7-9,11-13,15,24H,4,6,10,14H2,(H,26,28). The number of amides is 1. The van der Waals surface area contributed by atoms with Gasteiger partial charge in [0.25, 0.3) is 0 Å². The van der Waals surface area contributed by atoms with Crippen molar-refractivity contribution in [3.05, 3.63) is 84.1 Å². The first kappa shape index (κ1) is 18.0. The van der Waals surface area contributed by atoms with Gasteiger partial charge < -0.3 is 10.3 Å². The van der Waals surface area contributed by atoms with Gasteiger partial charge in [0.15, 0.2) is 0 Å². The van der Waals surface area contributed by atoms with Gasteiger partial charge in [-0.15, -0.1) is 0 Å². The van der Waals surface area contributed by atoms with Crippen LogP contribution in [0.1, 0.15) is 24.0 Å². The molecule has 0 saturated carbocycles. The number of carbonyl (C=O) groups excluding carboxylic acids is 1. The van der Waals surface area contributed by atoms with E-state index in [1.54, 1.807) is 23.1 Å². The molecule has 0 aliphatic heterocycles. The summed E-state index contributed by atoms with van der Waals surface area (Å²) in [6.45, 7) is 0.453. The van der Waals surface area contributed by atoms with Crippen molar-refractivity contribution in [3.63, 3.8) is 0 Å². The Morgan fingerprint density at radius 2 is 2.07 bits per heavy atom. The minimum absolute atomic E-state index is 0.0369. The lowest BCUT2D eigenvalue weighted by Gasteiger charge is -2.03. The predicted octanol–water partition coefficient (Wildman–Crippen LogP) is 4.51. The molecule has 2 aromatic heterocycles. The molecule has 4 rings (SSSR count). The lowest BCUT2D eigenvalue weighted by atomic mass is 10.1. The Morgan fingerprint density at radius 3 is 2.96 bits per heavy atom. The Bertz CT molecular complexity index is 1100. The molecule has 0 spiro atoms. The first-order valence-electron chi connectivity index (χ1n) is 9.29. The topological polar surface area (TPSA) is 62.7 Å². The number of para-hydroxylation sites is 1. The van der Waals surface area contributed by atoms with Crippen LogP contribution in [0, 0.1) is 5.82 Å². The number of fused-ring (bicyclic) bond motifs is 1. The Kier molecular flexibility index (Phi) is 5.19. The van der Waals surface area contributed by atoms with E-state index in [2.05, 4.69) is 21.5 Å². The molecule has 0 aliphatic rings. The molecule has 0 radical (unpaired) electrons. The van der Waals surface area contributed by atoms with Gasteiger partial charge in [0.1, 0.15) is 5.82 Å². The third-order valence-corrected chi connectivity index (χ3v) is 4.68. The summed E-state index contributed by atoms with van der Waals surface area (Å²) >= 11 is 0. The van der Waals surface area contributed by atoms with Crippen LogP contribution in [0.4, 0.5) is 10.1 Å². The van der Waals surface area contributed by atoms with Crippen LogP contribution >= 0.6 is 0 Å². The maximum atomic E-state index is 13.3. The molecule has 142 valence electrons. The van der Waals surface area contributed by atoms with Crippen molar-refractivity contribution in [2.75, 3.05) is 5.32 Å². The van der Waals surface area contributed by atoms with E-state index in [0.29, 0.717) is 18.7 Å². The molecule has 2 N–H and O–H groups in total. The summed E-state index contributed by atoms with van der Waals surface area (Å²) in [5.74, 6) is -0.307. The van der Waals surface area contributed by atoms with E-state index in [1.165, 1.54) is 23.1 Å². The van der Waals surface area contributed by atoms with E-state index in [4.69, 9.17) is 0 Å². The predicted molar refractivity (Wildman–Crippen MR) is 108 cm³/mol. The highest BCUT2D eigenvalue weighted by Gasteiger charge is 2.07. The van der Waals surface area contributed by atoms with Crippen LogP contribution in [0.3, 0.4) is 0 Å². The lowest BCUT2D eigenvalue weighted by Crippen LogP contribution is -2.11. The van der Waals surface area contributed by atoms with Crippen molar-refractivity contribution in [1.29, 1.82) is 0 Å². The SMILES string of the molecule is O=C(CCCc1c[nH]c2ccccc12)Nc1cnn(Cc2cccc(F)c2)c1. The fourth-order valence-corrected chi connectivity index (χ4v) is 3.34. The largest absolute Gasteiger partial charge is 0.361 e. The second-order valence-corrected chi connectivity index (χ2v) is 6.82. The van der Waals surface area contributed by atoms with E-state index in [9.17, 15) is 9.18 Å². The van der Waals surface area contributed by atoms with Crippen molar-refractivity contribution in [2.45, 2.75) is 25.8 Å². The maximum absolute atomic E-state index is 13.3. The van der Waals surface area contributed by atoms with Crippen LogP contribution in [0.25, 0.3) is 10.9 Å². The molecule has 0 fully saturated rings. The van der Waals surface area contributed by atoms with Gasteiger partial charge in [-0.05, 0) is 42.2 Å². The monoisotopic (exact) mass is 376 g/mol. The van der Waals surface area contributed by atoms with E-state index in [0.717, 1.165) is 23.9 Å². The molecule has 4 aromatic rings. The van der Waals surface area contributed by atoms with Crippen molar-refractivity contribution in [3.8, 4) is 0 Å². The summed E-state index contributed by atoms with van der Waals surface area (Å²) in [6, 6.07) is 14.6. The average molecular weight is 376 g/mol. The number of nitrogens with zero attached hydrogens (tertiary/aromatic N) is 2. The summed E-state index contributed by atoms with van der Waals surface area (Å²) < 4.78 is 14.9. The fraction of sp³-hybridized carbons (Fsp3) is 0.182. The van der Waals surface area contributed by atoms with Crippen LogP contribution in [0.15, 0.2) is 67.1 Å².